The van der Waals surface area contributed by atoms with E-state index in [1.807, 2.05) is 36.4 Å². The largest absolute Gasteiger partial charge is 0.455 e. The van der Waals surface area contributed by atoms with E-state index in [4.69, 9.17) is 16.8 Å². The molecule has 0 fully saturated rings. The molecule has 0 saturated carbocycles. The summed E-state index contributed by atoms with van der Waals surface area (Å²) in [5, 5.41) is -1.28. The van der Waals surface area contributed by atoms with Gasteiger partial charge < -0.3 is 4.42 Å². The smallest absolute Gasteiger partial charge is 0.143 e. The van der Waals surface area contributed by atoms with Crippen molar-refractivity contribution in [1.29, 1.82) is 0 Å². The maximum atomic E-state index is 9.81. The fourth-order valence-corrected chi connectivity index (χ4v) is 7.13. The van der Waals surface area contributed by atoms with Gasteiger partial charge in [0.1, 0.15) is 11.2 Å². The molecule has 1 nitrogen and oxygen atoms in total. The Morgan fingerprint density at radius 1 is 0.522 bits per heavy atom. The Morgan fingerprint density at radius 3 is 1.89 bits per heavy atom. The summed E-state index contributed by atoms with van der Waals surface area (Å²) in [4.78, 5) is 0. The SMILES string of the molecule is [2H]c1c([2H])c([2H])c2c(cc([2H])c3c2oc2c([2H])c([2H])c(-c4c5c([2H])c([2H])c([2H])c([2H])c5c(-c5ccc6c(c5)C(C)(C)c5ccccc5-6)c5c([2H])c([2H])c([2H])c([2H])c45)c([2H])c23)c1[2H]. The lowest BCUT2D eigenvalue weighted by Gasteiger charge is -2.23. The van der Waals surface area contributed by atoms with Crippen molar-refractivity contribution in [2.45, 2.75) is 19.3 Å². The molecular formula is C45H30O. The van der Waals surface area contributed by atoms with Gasteiger partial charge in [0.25, 0.3) is 0 Å². The molecule has 10 rings (SSSR count). The molecule has 0 N–H and O–H groups in total. The Labute approximate surface area is 289 Å². The number of hydrogen-bond acceptors (Lipinski definition) is 1. The van der Waals surface area contributed by atoms with E-state index in [2.05, 4.69) is 13.8 Å². The Bertz CT molecular complexity index is 3540. The molecule has 9 aromatic rings. The molecule has 8 aromatic carbocycles. The van der Waals surface area contributed by atoms with Crippen molar-refractivity contribution in [3.05, 3.63) is 156 Å². The maximum absolute atomic E-state index is 9.81. The van der Waals surface area contributed by atoms with Crippen LogP contribution in [0.5, 0.6) is 0 Å². The van der Waals surface area contributed by atoms with E-state index in [1.165, 1.54) is 6.07 Å². The average Bonchev–Trinajstić information content (AvgIpc) is 3.77. The lowest BCUT2D eigenvalue weighted by atomic mass is 9.80. The molecule has 0 radical (unpaired) electrons. The summed E-state index contributed by atoms with van der Waals surface area (Å²) < 4.78 is 151. The lowest BCUT2D eigenvalue weighted by molar-refractivity contribution is 0.660. The Kier molecular flexibility index (Phi) is 2.92. The zero-order valence-corrected chi connectivity index (χ0v) is 24.5. The average molecular weight is 603 g/mol. The van der Waals surface area contributed by atoms with Gasteiger partial charge in [0.2, 0.25) is 0 Å². The fraction of sp³-hybridized carbons (Fsp3) is 0.0667. The van der Waals surface area contributed by atoms with Gasteiger partial charge in [-0.3, -0.25) is 0 Å². The highest BCUT2D eigenvalue weighted by Crippen LogP contribution is 2.51. The van der Waals surface area contributed by atoms with Gasteiger partial charge in [-0.25, -0.2) is 0 Å². The standard InChI is InChI=1S/C45H30O/c1-45(2)39-18-10-9-13-31(39)32-22-20-29(26-40(32)45)43-35-16-7-5-14-33(35)42(34-15-6-8-17-36(34)43)28-21-24-41-38(25-28)37-23-19-27-11-3-4-12-30(27)44(37)46-41/h3-26H,1-2H3/i3D,4D,5D,6D,7D,8D,11D,12D,14D,15D,16D,17D,21D,23D,24D,25D. The van der Waals surface area contributed by atoms with Crippen LogP contribution < -0.4 is 0 Å². The number of benzene rings is 8. The predicted octanol–water partition coefficient (Wildman–Crippen LogP) is 12.7. The molecule has 0 aliphatic heterocycles. The molecule has 1 aromatic heterocycles. The van der Waals surface area contributed by atoms with Crippen LogP contribution >= 0.6 is 0 Å². The first-order valence-corrected chi connectivity index (χ1v) is 14.8. The summed E-state index contributed by atoms with van der Waals surface area (Å²) in [5.74, 6) is 0. The van der Waals surface area contributed by atoms with E-state index in [1.54, 1.807) is 6.07 Å². The minimum Gasteiger partial charge on any atom is -0.455 e. The topological polar surface area (TPSA) is 13.1 Å². The van der Waals surface area contributed by atoms with Crippen LogP contribution in [0.2, 0.25) is 0 Å². The zero-order chi connectivity index (χ0) is 44.5. The highest BCUT2D eigenvalue weighted by atomic mass is 16.3. The third-order valence-electron chi connectivity index (χ3n) is 9.26. The molecule has 0 spiro atoms. The minimum atomic E-state index is -0.688. The fourth-order valence-electron chi connectivity index (χ4n) is 7.13. The molecule has 0 bridgehead atoms. The van der Waals surface area contributed by atoms with Crippen molar-refractivity contribution < 1.29 is 26.3 Å². The molecular weight excluding hydrogens is 556 g/mol. The van der Waals surface area contributed by atoms with Gasteiger partial charge in [-0.05, 0) is 95.6 Å². The second-order valence-corrected chi connectivity index (χ2v) is 12.0. The highest BCUT2D eigenvalue weighted by Gasteiger charge is 2.35. The molecule has 0 amide bonds. The molecule has 0 atom stereocenters. The van der Waals surface area contributed by atoms with E-state index in [-0.39, 0.29) is 71.4 Å². The summed E-state index contributed by atoms with van der Waals surface area (Å²) in [6.07, 6.45) is 0. The van der Waals surface area contributed by atoms with Crippen LogP contribution in [-0.4, -0.2) is 0 Å². The van der Waals surface area contributed by atoms with Crippen molar-refractivity contribution in [2.24, 2.45) is 0 Å². The molecule has 1 aliphatic rings. The van der Waals surface area contributed by atoms with Crippen molar-refractivity contribution >= 4 is 54.3 Å². The van der Waals surface area contributed by atoms with Gasteiger partial charge in [0.05, 0.1) is 21.9 Å². The molecule has 1 aliphatic carbocycles. The molecule has 0 saturated heterocycles. The van der Waals surface area contributed by atoms with Gasteiger partial charge in [0, 0.05) is 21.6 Å². The summed E-state index contributed by atoms with van der Waals surface area (Å²) >= 11 is 0. The summed E-state index contributed by atoms with van der Waals surface area (Å²) in [5.41, 5.74) is 2.49. The van der Waals surface area contributed by atoms with Crippen LogP contribution in [-0.2, 0) is 5.41 Å². The van der Waals surface area contributed by atoms with E-state index in [9.17, 15) is 9.60 Å². The van der Waals surface area contributed by atoms with E-state index in [0.717, 1.165) is 22.3 Å². The number of rotatable bonds is 2. The Morgan fingerprint density at radius 2 is 1.15 bits per heavy atom. The van der Waals surface area contributed by atoms with Gasteiger partial charge in [-0.15, -0.1) is 0 Å². The van der Waals surface area contributed by atoms with Gasteiger partial charge in [0.15, 0.2) is 0 Å². The first kappa shape index (κ1) is 14.6. The summed E-state index contributed by atoms with van der Waals surface area (Å²) in [7, 11) is 0. The normalized spacial score (nSPS) is 18.5. The maximum Gasteiger partial charge on any atom is 0.143 e. The van der Waals surface area contributed by atoms with Crippen LogP contribution in [0.1, 0.15) is 46.9 Å². The minimum absolute atomic E-state index is 0.0460. The van der Waals surface area contributed by atoms with Gasteiger partial charge in [-0.1, -0.05) is 135 Å². The summed E-state index contributed by atoms with van der Waals surface area (Å²) in [6.45, 7) is 4.11. The van der Waals surface area contributed by atoms with Crippen molar-refractivity contribution in [3.63, 3.8) is 0 Å². The zero-order valence-electron chi connectivity index (χ0n) is 40.5. The first-order valence-electron chi connectivity index (χ1n) is 22.8. The Hall–Kier alpha value is -5.66. The highest BCUT2D eigenvalue weighted by molar-refractivity contribution is 6.23. The third-order valence-corrected chi connectivity index (χ3v) is 9.26. The van der Waals surface area contributed by atoms with Crippen LogP contribution in [0.15, 0.2) is 150 Å². The quantitative estimate of drug-likeness (QED) is 0.179. The van der Waals surface area contributed by atoms with Crippen LogP contribution in [0.25, 0.3) is 87.6 Å². The van der Waals surface area contributed by atoms with Crippen LogP contribution in [0.3, 0.4) is 0 Å². The van der Waals surface area contributed by atoms with Crippen molar-refractivity contribution in [2.75, 3.05) is 0 Å². The predicted molar refractivity (Wildman–Crippen MR) is 195 cm³/mol. The second-order valence-electron chi connectivity index (χ2n) is 12.0. The van der Waals surface area contributed by atoms with Gasteiger partial charge >= 0.3 is 0 Å². The third kappa shape index (κ3) is 3.40. The Balaban J connectivity index is 1.44. The molecule has 216 valence electrons. The number of furan rings is 1. The number of fused-ring (bicyclic) bond motifs is 10. The molecule has 46 heavy (non-hydrogen) atoms. The molecule has 0 unspecified atom stereocenters. The van der Waals surface area contributed by atoms with E-state index >= 15 is 0 Å². The lowest BCUT2D eigenvalue weighted by Crippen LogP contribution is -2.14. The summed E-state index contributed by atoms with van der Waals surface area (Å²) in [6, 6.07) is 5.40. The van der Waals surface area contributed by atoms with Gasteiger partial charge in [-0.2, -0.15) is 0 Å². The van der Waals surface area contributed by atoms with E-state index < -0.39 is 102 Å². The monoisotopic (exact) mass is 602 g/mol. The molecule has 1 heteroatoms. The number of hydrogen-bond donors (Lipinski definition) is 0. The molecule has 1 heterocycles. The first-order chi connectivity index (χ1) is 29.2. The second kappa shape index (κ2) is 9.19. The van der Waals surface area contributed by atoms with Crippen LogP contribution in [0.4, 0.5) is 0 Å². The van der Waals surface area contributed by atoms with Crippen molar-refractivity contribution in [3.8, 4) is 33.4 Å². The van der Waals surface area contributed by atoms with Crippen LogP contribution in [0, 0.1) is 0 Å². The van der Waals surface area contributed by atoms with E-state index in [0.29, 0.717) is 5.56 Å². The van der Waals surface area contributed by atoms with Crippen molar-refractivity contribution in [1.82, 2.24) is 0 Å².